The van der Waals surface area contributed by atoms with Gasteiger partial charge in [0.25, 0.3) is 5.91 Å². The van der Waals surface area contributed by atoms with Crippen molar-refractivity contribution in [3.8, 4) is 5.75 Å². The molecule has 2 aliphatic rings. The summed E-state index contributed by atoms with van der Waals surface area (Å²) in [4.78, 5) is 39.0. The van der Waals surface area contributed by atoms with Crippen molar-refractivity contribution in [1.82, 2.24) is 20.6 Å². The van der Waals surface area contributed by atoms with Gasteiger partial charge in [0.15, 0.2) is 5.82 Å². The van der Waals surface area contributed by atoms with Crippen LogP contribution < -0.4 is 30.5 Å². The Morgan fingerprint density at radius 2 is 1.97 bits per heavy atom. The molecular formula is C28H33N7O3. The van der Waals surface area contributed by atoms with E-state index in [1.165, 1.54) is 0 Å². The van der Waals surface area contributed by atoms with Crippen molar-refractivity contribution in [3.63, 3.8) is 0 Å². The predicted molar refractivity (Wildman–Crippen MR) is 148 cm³/mol. The van der Waals surface area contributed by atoms with Crippen molar-refractivity contribution in [1.29, 1.82) is 0 Å². The molecule has 0 aliphatic carbocycles. The first kappa shape index (κ1) is 25.5. The molecule has 0 radical (unpaired) electrons. The van der Waals surface area contributed by atoms with Crippen molar-refractivity contribution in [2.75, 3.05) is 48.9 Å². The molecule has 1 saturated heterocycles. The molecule has 1 unspecified atom stereocenters. The number of methoxy groups -OCH3 is 1. The van der Waals surface area contributed by atoms with Gasteiger partial charge in [0.2, 0.25) is 11.9 Å². The predicted octanol–water partition coefficient (Wildman–Crippen LogP) is 3.46. The Morgan fingerprint density at radius 3 is 2.68 bits per heavy atom. The summed E-state index contributed by atoms with van der Waals surface area (Å²) >= 11 is 0. The number of hydrogen-bond donors (Lipinski definition) is 3. The molecular weight excluding hydrogens is 482 g/mol. The number of fused-ring (bicyclic) bond motifs is 1. The average Bonchev–Trinajstić information content (AvgIpc) is 3.42. The number of benzene rings is 2. The smallest absolute Gasteiger partial charge is 0.251 e. The highest BCUT2D eigenvalue weighted by Crippen LogP contribution is 2.40. The first-order chi connectivity index (χ1) is 18.3. The Morgan fingerprint density at radius 1 is 1.18 bits per heavy atom. The Kier molecular flexibility index (Phi) is 6.90. The molecule has 3 N–H and O–H groups in total. The molecule has 3 aromatic rings. The van der Waals surface area contributed by atoms with E-state index in [1.54, 1.807) is 43.5 Å². The van der Waals surface area contributed by atoms with E-state index >= 15 is 0 Å². The summed E-state index contributed by atoms with van der Waals surface area (Å²) in [7, 11) is 3.31. The summed E-state index contributed by atoms with van der Waals surface area (Å²) in [6.45, 7) is 6.00. The first-order valence-corrected chi connectivity index (χ1v) is 12.7. The third-order valence-corrected chi connectivity index (χ3v) is 6.98. The second kappa shape index (κ2) is 10.3. The van der Waals surface area contributed by atoms with Crippen LogP contribution in [0.5, 0.6) is 5.75 Å². The van der Waals surface area contributed by atoms with Gasteiger partial charge in [-0.2, -0.15) is 4.98 Å². The van der Waals surface area contributed by atoms with Gasteiger partial charge < -0.3 is 30.5 Å². The summed E-state index contributed by atoms with van der Waals surface area (Å²) in [6, 6.07) is 15.2. The lowest BCUT2D eigenvalue weighted by Gasteiger charge is -2.29. The van der Waals surface area contributed by atoms with Gasteiger partial charge in [-0.3, -0.25) is 9.59 Å². The van der Waals surface area contributed by atoms with Gasteiger partial charge in [0.1, 0.15) is 11.4 Å². The first-order valence-electron chi connectivity index (χ1n) is 12.7. The molecule has 1 atom stereocenters. The van der Waals surface area contributed by atoms with Crippen LogP contribution in [0.15, 0.2) is 54.7 Å². The van der Waals surface area contributed by atoms with E-state index in [2.05, 4.69) is 20.9 Å². The summed E-state index contributed by atoms with van der Waals surface area (Å²) in [5, 5.41) is 9.53. The lowest BCUT2D eigenvalue weighted by atomic mass is 9.91. The Labute approximate surface area is 222 Å². The maximum Gasteiger partial charge on any atom is 0.251 e. The zero-order valence-electron chi connectivity index (χ0n) is 22.1. The number of nitrogens with zero attached hydrogens (tertiary/aromatic N) is 4. The second-order valence-corrected chi connectivity index (χ2v) is 10.3. The summed E-state index contributed by atoms with van der Waals surface area (Å²) in [6.07, 6.45) is 2.57. The Bertz CT molecular complexity index is 1340. The largest absolute Gasteiger partial charge is 0.495 e. The van der Waals surface area contributed by atoms with Crippen LogP contribution in [-0.4, -0.2) is 61.6 Å². The normalized spacial score (nSPS) is 18.5. The van der Waals surface area contributed by atoms with Crippen LogP contribution in [0.4, 0.5) is 28.8 Å². The van der Waals surface area contributed by atoms with Crippen LogP contribution >= 0.6 is 0 Å². The number of rotatable bonds is 6. The number of carbonyl (C=O) groups excluding carboxylic acids is 2. The number of hydrogen-bond acceptors (Lipinski definition) is 8. The maximum absolute atomic E-state index is 13.2. The number of ether oxygens (including phenoxy) is 1. The fourth-order valence-corrected chi connectivity index (χ4v) is 4.89. The average molecular weight is 516 g/mol. The highest BCUT2D eigenvalue weighted by molar-refractivity contribution is 6.01. The van der Waals surface area contributed by atoms with Gasteiger partial charge in [-0.25, -0.2) is 4.98 Å². The van der Waals surface area contributed by atoms with Crippen molar-refractivity contribution in [2.24, 2.45) is 5.41 Å². The minimum absolute atomic E-state index is 0.00888. The van der Waals surface area contributed by atoms with Crippen LogP contribution in [-0.2, 0) is 4.79 Å². The number of aromatic nitrogens is 2. The van der Waals surface area contributed by atoms with Crippen molar-refractivity contribution in [3.05, 3.63) is 60.3 Å². The molecule has 198 valence electrons. The van der Waals surface area contributed by atoms with E-state index in [0.717, 1.165) is 25.2 Å². The van der Waals surface area contributed by atoms with Crippen LogP contribution in [0.3, 0.4) is 0 Å². The number of anilines is 5. The highest BCUT2D eigenvalue weighted by atomic mass is 16.5. The number of nitrogens with one attached hydrogen (secondary N) is 3. The van der Waals surface area contributed by atoms with Crippen LogP contribution in [0, 0.1) is 5.41 Å². The van der Waals surface area contributed by atoms with E-state index in [-0.39, 0.29) is 17.9 Å². The van der Waals surface area contributed by atoms with Gasteiger partial charge in [-0.15, -0.1) is 0 Å². The van der Waals surface area contributed by atoms with E-state index < -0.39 is 5.41 Å². The lowest BCUT2D eigenvalue weighted by Crippen LogP contribution is -2.41. The molecule has 0 bridgehead atoms. The van der Waals surface area contributed by atoms with Crippen LogP contribution in [0.1, 0.15) is 30.6 Å². The van der Waals surface area contributed by atoms with E-state index in [9.17, 15) is 9.59 Å². The summed E-state index contributed by atoms with van der Waals surface area (Å²) in [5.74, 6) is 1.31. The maximum atomic E-state index is 13.2. The second-order valence-electron chi connectivity index (χ2n) is 10.3. The minimum Gasteiger partial charge on any atom is -0.495 e. The molecule has 2 aliphatic heterocycles. The van der Waals surface area contributed by atoms with Crippen molar-refractivity contribution >= 4 is 40.6 Å². The number of para-hydroxylation sites is 1. The lowest BCUT2D eigenvalue weighted by molar-refractivity contribution is -0.125. The van der Waals surface area contributed by atoms with Gasteiger partial charge in [-0.05, 0) is 57.1 Å². The molecule has 3 heterocycles. The molecule has 2 amide bonds. The summed E-state index contributed by atoms with van der Waals surface area (Å²) in [5.41, 5.74) is 2.04. The summed E-state index contributed by atoms with van der Waals surface area (Å²) < 4.78 is 5.59. The zero-order chi connectivity index (χ0) is 26.9. The SMILES string of the molecule is COc1cc(C(=O)NC2CCNC2)ccc1Nc1ncc2c(n1)N(c1ccccc1)CC(C)(C)C(=O)N2C. The number of amides is 2. The zero-order valence-corrected chi connectivity index (χ0v) is 22.1. The van der Waals surface area contributed by atoms with Crippen LogP contribution in [0.25, 0.3) is 0 Å². The molecule has 0 spiro atoms. The number of carbonyl (C=O) groups is 2. The molecule has 1 fully saturated rings. The van der Waals surface area contributed by atoms with E-state index in [0.29, 0.717) is 41.0 Å². The monoisotopic (exact) mass is 515 g/mol. The molecule has 1 aromatic heterocycles. The molecule has 2 aromatic carbocycles. The Balaban J connectivity index is 1.46. The fraction of sp³-hybridized carbons (Fsp3) is 0.357. The molecule has 0 saturated carbocycles. The van der Waals surface area contributed by atoms with Crippen molar-refractivity contribution in [2.45, 2.75) is 26.3 Å². The molecule has 10 heteroatoms. The van der Waals surface area contributed by atoms with E-state index in [1.807, 2.05) is 49.1 Å². The third kappa shape index (κ3) is 4.99. The quantitative estimate of drug-likeness (QED) is 0.458. The Hall–Kier alpha value is -4.18. The van der Waals surface area contributed by atoms with Gasteiger partial charge in [0, 0.05) is 37.4 Å². The van der Waals surface area contributed by atoms with E-state index in [4.69, 9.17) is 9.72 Å². The third-order valence-electron chi connectivity index (χ3n) is 6.98. The van der Waals surface area contributed by atoms with Gasteiger partial charge >= 0.3 is 0 Å². The van der Waals surface area contributed by atoms with Crippen LogP contribution in [0.2, 0.25) is 0 Å². The molecule has 38 heavy (non-hydrogen) atoms. The molecule has 5 rings (SSSR count). The van der Waals surface area contributed by atoms with Crippen molar-refractivity contribution < 1.29 is 14.3 Å². The topological polar surface area (TPSA) is 112 Å². The molecule has 10 nitrogen and oxygen atoms in total. The standard InChI is InChI=1S/C28H33N7O3/c1-28(2)17-35(20-8-6-5-7-9-20)24-22(34(3)26(28)37)16-30-27(33-24)32-21-11-10-18(14-23(21)38-4)25(36)31-19-12-13-29-15-19/h5-11,14,16,19,29H,12-13,15,17H2,1-4H3,(H,31,36)(H,30,32,33). The highest BCUT2D eigenvalue weighted by Gasteiger charge is 2.39. The van der Waals surface area contributed by atoms with Gasteiger partial charge in [-0.1, -0.05) is 18.2 Å². The minimum atomic E-state index is -0.646. The fourth-order valence-electron chi connectivity index (χ4n) is 4.89. The van der Waals surface area contributed by atoms with Gasteiger partial charge in [0.05, 0.1) is 24.4 Å².